The second-order valence-corrected chi connectivity index (χ2v) is 4.96. The van der Waals surface area contributed by atoms with Gasteiger partial charge in [-0.25, -0.2) is 9.37 Å². The molecule has 2 N–H and O–H groups in total. The molecular formula is C12H16FN3O. The van der Waals surface area contributed by atoms with E-state index >= 15 is 0 Å². The van der Waals surface area contributed by atoms with Crippen LogP contribution in [0.15, 0.2) is 12.3 Å². The summed E-state index contributed by atoms with van der Waals surface area (Å²) in [6.07, 6.45) is 2.92. The molecule has 0 unspecified atom stereocenters. The van der Waals surface area contributed by atoms with Crippen molar-refractivity contribution in [3.63, 3.8) is 0 Å². The number of hydrogen-bond donors (Lipinski definition) is 1. The molecule has 0 bridgehead atoms. The predicted octanol–water partition coefficient (Wildman–Crippen LogP) is 1.82. The number of pyridine rings is 1. The maximum Gasteiger partial charge on any atom is 0.258 e. The number of carbonyl (C=O) groups excluding carboxylic acids is 1. The van der Waals surface area contributed by atoms with Gasteiger partial charge in [-0.2, -0.15) is 0 Å². The van der Waals surface area contributed by atoms with E-state index in [1.54, 1.807) is 4.90 Å². The SMILES string of the molecule is CC1(C)CCCN1C(=O)c1cc(F)cnc1N. The van der Waals surface area contributed by atoms with Gasteiger partial charge in [0, 0.05) is 12.1 Å². The zero-order valence-corrected chi connectivity index (χ0v) is 10.0. The smallest absolute Gasteiger partial charge is 0.258 e. The van der Waals surface area contributed by atoms with Crippen molar-refractivity contribution in [3.8, 4) is 0 Å². The number of nitrogens with two attached hydrogens (primary N) is 1. The van der Waals surface area contributed by atoms with Crippen LogP contribution in [0.4, 0.5) is 10.2 Å². The molecular weight excluding hydrogens is 221 g/mol. The highest BCUT2D eigenvalue weighted by atomic mass is 19.1. The summed E-state index contributed by atoms with van der Waals surface area (Å²) in [6.45, 7) is 4.68. The van der Waals surface area contributed by atoms with Crippen molar-refractivity contribution in [1.29, 1.82) is 0 Å². The van der Waals surface area contributed by atoms with Crippen LogP contribution in [0.1, 0.15) is 37.0 Å². The van der Waals surface area contributed by atoms with Crippen LogP contribution >= 0.6 is 0 Å². The number of anilines is 1. The third-order valence-electron chi connectivity index (χ3n) is 3.26. The first-order valence-electron chi connectivity index (χ1n) is 5.65. The number of halogens is 1. The van der Waals surface area contributed by atoms with Crippen molar-refractivity contribution >= 4 is 11.7 Å². The van der Waals surface area contributed by atoms with Crippen LogP contribution in [0.5, 0.6) is 0 Å². The molecule has 1 aliphatic heterocycles. The average Bonchev–Trinajstić information content (AvgIpc) is 2.61. The lowest BCUT2D eigenvalue weighted by atomic mass is 10.0. The molecule has 1 saturated heterocycles. The van der Waals surface area contributed by atoms with Gasteiger partial charge >= 0.3 is 0 Å². The minimum atomic E-state index is -0.542. The fourth-order valence-corrected chi connectivity index (χ4v) is 2.25. The second-order valence-electron chi connectivity index (χ2n) is 4.96. The molecule has 1 aromatic heterocycles. The normalized spacial score (nSPS) is 18.4. The van der Waals surface area contributed by atoms with Crippen molar-refractivity contribution in [2.24, 2.45) is 0 Å². The van der Waals surface area contributed by atoms with E-state index in [-0.39, 0.29) is 22.8 Å². The Balaban J connectivity index is 2.34. The van der Waals surface area contributed by atoms with E-state index in [1.165, 1.54) is 0 Å². The fraction of sp³-hybridized carbons (Fsp3) is 0.500. The average molecular weight is 237 g/mol. The lowest BCUT2D eigenvalue weighted by molar-refractivity contribution is 0.0652. The Morgan fingerprint density at radius 1 is 1.59 bits per heavy atom. The Kier molecular flexibility index (Phi) is 2.77. The summed E-state index contributed by atoms with van der Waals surface area (Å²) < 4.78 is 13.1. The molecule has 0 aromatic carbocycles. The number of carbonyl (C=O) groups is 1. The molecule has 92 valence electrons. The van der Waals surface area contributed by atoms with Crippen molar-refractivity contribution in [3.05, 3.63) is 23.6 Å². The zero-order valence-electron chi connectivity index (χ0n) is 10.0. The number of likely N-dealkylation sites (tertiary alicyclic amines) is 1. The maximum atomic E-state index is 13.1. The van der Waals surface area contributed by atoms with Crippen molar-refractivity contribution in [1.82, 2.24) is 9.88 Å². The third-order valence-corrected chi connectivity index (χ3v) is 3.26. The minimum Gasteiger partial charge on any atom is -0.383 e. The Morgan fingerprint density at radius 3 is 2.88 bits per heavy atom. The van der Waals surface area contributed by atoms with Gasteiger partial charge in [-0.1, -0.05) is 0 Å². The maximum absolute atomic E-state index is 13.1. The largest absolute Gasteiger partial charge is 0.383 e. The van der Waals surface area contributed by atoms with E-state index in [0.29, 0.717) is 6.54 Å². The molecule has 4 nitrogen and oxygen atoms in total. The highest BCUT2D eigenvalue weighted by Gasteiger charge is 2.36. The van der Waals surface area contributed by atoms with E-state index in [9.17, 15) is 9.18 Å². The van der Waals surface area contributed by atoms with E-state index in [1.807, 2.05) is 13.8 Å². The Hall–Kier alpha value is -1.65. The summed E-state index contributed by atoms with van der Waals surface area (Å²) in [5.41, 5.74) is 5.58. The van der Waals surface area contributed by atoms with Gasteiger partial charge < -0.3 is 10.6 Å². The van der Waals surface area contributed by atoms with E-state index in [0.717, 1.165) is 25.1 Å². The van der Waals surface area contributed by atoms with Gasteiger partial charge in [0.15, 0.2) is 0 Å². The third kappa shape index (κ3) is 2.09. The molecule has 2 heterocycles. The van der Waals surface area contributed by atoms with E-state index < -0.39 is 5.82 Å². The van der Waals surface area contributed by atoms with Crippen molar-refractivity contribution in [2.75, 3.05) is 12.3 Å². The lowest BCUT2D eigenvalue weighted by Gasteiger charge is -2.31. The van der Waals surface area contributed by atoms with Crippen molar-refractivity contribution in [2.45, 2.75) is 32.2 Å². The first-order chi connectivity index (χ1) is 7.92. The van der Waals surface area contributed by atoms with Gasteiger partial charge in [-0.05, 0) is 32.8 Å². The Bertz CT molecular complexity index is 459. The molecule has 1 aliphatic rings. The van der Waals surface area contributed by atoms with Gasteiger partial charge in [0.25, 0.3) is 5.91 Å². The van der Waals surface area contributed by atoms with Crippen LogP contribution in [-0.2, 0) is 0 Å². The van der Waals surface area contributed by atoms with Gasteiger partial charge in [0.1, 0.15) is 11.6 Å². The molecule has 5 heteroatoms. The number of amides is 1. The number of aromatic nitrogens is 1. The standard InChI is InChI=1S/C12H16FN3O/c1-12(2)4-3-5-16(12)11(17)9-6-8(13)7-15-10(9)14/h6-7H,3-5H2,1-2H3,(H2,14,15). The van der Waals surface area contributed by atoms with Gasteiger partial charge in [-0.15, -0.1) is 0 Å². The van der Waals surface area contributed by atoms with E-state index in [2.05, 4.69) is 4.98 Å². The van der Waals surface area contributed by atoms with Crippen LogP contribution < -0.4 is 5.73 Å². The number of hydrogen-bond acceptors (Lipinski definition) is 3. The fourth-order valence-electron chi connectivity index (χ4n) is 2.25. The van der Waals surface area contributed by atoms with Crippen LogP contribution in [-0.4, -0.2) is 27.9 Å². The molecule has 0 radical (unpaired) electrons. The molecule has 17 heavy (non-hydrogen) atoms. The highest BCUT2D eigenvalue weighted by molar-refractivity contribution is 5.98. The van der Waals surface area contributed by atoms with Crippen LogP contribution in [0, 0.1) is 5.82 Å². The summed E-state index contributed by atoms with van der Waals surface area (Å²) in [7, 11) is 0. The molecule has 0 atom stereocenters. The lowest BCUT2D eigenvalue weighted by Crippen LogP contribution is -2.43. The Labute approximate surface area is 99.6 Å². The second kappa shape index (κ2) is 3.98. The topological polar surface area (TPSA) is 59.2 Å². The molecule has 1 fully saturated rings. The quantitative estimate of drug-likeness (QED) is 0.810. The van der Waals surface area contributed by atoms with Gasteiger partial charge in [0.2, 0.25) is 0 Å². The molecule has 0 saturated carbocycles. The summed E-state index contributed by atoms with van der Waals surface area (Å²) >= 11 is 0. The van der Waals surface area contributed by atoms with Gasteiger partial charge in [0.05, 0.1) is 11.8 Å². The zero-order chi connectivity index (χ0) is 12.6. The highest BCUT2D eigenvalue weighted by Crippen LogP contribution is 2.30. The first-order valence-corrected chi connectivity index (χ1v) is 5.65. The molecule has 1 amide bonds. The molecule has 2 rings (SSSR count). The van der Waals surface area contributed by atoms with Gasteiger partial charge in [-0.3, -0.25) is 4.79 Å². The Morgan fingerprint density at radius 2 is 2.29 bits per heavy atom. The molecule has 1 aromatic rings. The number of nitrogen functional groups attached to an aromatic ring is 1. The summed E-state index contributed by atoms with van der Waals surface area (Å²) in [5.74, 6) is -0.698. The van der Waals surface area contributed by atoms with E-state index in [4.69, 9.17) is 5.73 Å². The van der Waals surface area contributed by atoms with Crippen LogP contribution in [0.2, 0.25) is 0 Å². The molecule has 0 aliphatic carbocycles. The summed E-state index contributed by atoms with van der Waals surface area (Å²) in [4.78, 5) is 17.7. The predicted molar refractivity (Wildman–Crippen MR) is 63.0 cm³/mol. The van der Waals surface area contributed by atoms with Crippen molar-refractivity contribution < 1.29 is 9.18 Å². The van der Waals surface area contributed by atoms with Crippen LogP contribution in [0.3, 0.4) is 0 Å². The summed E-state index contributed by atoms with van der Waals surface area (Å²) in [6, 6.07) is 1.15. The number of nitrogens with zero attached hydrogens (tertiary/aromatic N) is 2. The van der Waals surface area contributed by atoms with Crippen LogP contribution in [0.25, 0.3) is 0 Å². The number of rotatable bonds is 1. The first kappa shape index (κ1) is 11.8. The minimum absolute atomic E-state index is 0.0825. The molecule has 0 spiro atoms. The monoisotopic (exact) mass is 237 g/mol. The summed E-state index contributed by atoms with van der Waals surface area (Å²) in [5, 5.41) is 0.